The molecule has 0 saturated heterocycles. The number of benzene rings is 1. The van der Waals surface area contributed by atoms with Crippen LogP contribution in [0.4, 0.5) is 5.69 Å². The standard InChI is InChI=1S/C11H15NO5S/c1-3-4-11(13)17-10-7-8(16-2)5-6-9(10)12-18(14)15/h5-7,12H,3-4H2,1-2H3,(H,14,15)/p-1. The molecule has 0 amide bonds. The van der Waals surface area contributed by atoms with Crippen LogP contribution >= 0.6 is 0 Å². The minimum Gasteiger partial charge on any atom is -0.755 e. The first-order chi connectivity index (χ1) is 8.56. The number of rotatable bonds is 6. The number of hydrogen-bond donors (Lipinski definition) is 1. The first-order valence-electron chi connectivity index (χ1n) is 5.31. The fraction of sp³-hybridized carbons (Fsp3) is 0.364. The molecule has 1 atom stereocenters. The van der Waals surface area contributed by atoms with Gasteiger partial charge in [-0.2, -0.15) is 0 Å². The summed E-state index contributed by atoms with van der Waals surface area (Å²) in [6.07, 6.45) is 0.913. The normalized spacial score (nSPS) is 11.7. The molecular weight excluding hydrogens is 258 g/mol. The Balaban J connectivity index is 2.95. The third-order valence-electron chi connectivity index (χ3n) is 2.06. The van der Waals surface area contributed by atoms with Gasteiger partial charge in [-0.05, 0) is 18.6 Å². The molecule has 0 aliphatic rings. The van der Waals surface area contributed by atoms with E-state index in [2.05, 4.69) is 4.72 Å². The van der Waals surface area contributed by atoms with Crippen LogP contribution in [-0.4, -0.2) is 21.8 Å². The highest BCUT2D eigenvalue weighted by atomic mass is 32.2. The summed E-state index contributed by atoms with van der Waals surface area (Å²) in [7, 11) is 1.46. The van der Waals surface area contributed by atoms with Crippen molar-refractivity contribution in [1.29, 1.82) is 0 Å². The summed E-state index contributed by atoms with van der Waals surface area (Å²) < 4.78 is 33.4. The lowest BCUT2D eigenvalue weighted by Crippen LogP contribution is -2.10. The van der Waals surface area contributed by atoms with Crippen molar-refractivity contribution in [1.82, 2.24) is 0 Å². The molecular formula is C11H14NO5S-. The van der Waals surface area contributed by atoms with Gasteiger partial charge in [-0.3, -0.25) is 9.00 Å². The fourth-order valence-electron chi connectivity index (χ4n) is 1.27. The summed E-state index contributed by atoms with van der Waals surface area (Å²) in [6, 6.07) is 4.47. The maximum atomic E-state index is 11.4. The van der Waals surface area contributed by atoms with Crippen LogP contribution in [0.1, 0.15) is 19.8 Å². The molecule has 0 heterocycles. The van der Waals surface area contributed by atoms with Gasteiger partial charge in [-0.25, -0.2) is 0 Å². The summed E-state index contributed by atoms with van der Waals surface area (Å²) in [5, 5.41) is 0. The van der Waals surface area contributed by atoms with Crippen molar-refractivity contribution < 1.29 is 23.0 Å². The van der Waals surface area contributed by atoms with E-state index in [9.17, 15) is 13.6 Å². The van der Waals surface area contributed by atoms with Crippen LogP contribution < -0.4 is 14.2 Å². The molecule has 0 bridgehead atoms. The van der Waals surface area contributed by atoms with Crippen LogP contribution in [-0.2, 0) is 16.1 Å². The van der Waals surface area contributed by atoms with Crippen molar-refractivity contribution in [3.63, 3.8) is 0 Å². The second-order valence-electron chi connectivity index (χ2n) is 3.42. The van der Waals surface area contributed by atoms with Gasteiger partial charge in [0.2, 0.25) is 0 Å². The SMILES string of the molecule is CCCC(=O)Oc1cc(OC)ccc1NS(=O)[O-]. The highest BCUT2D eigenvalue weighted by Crippen LogP contribution is 2.30. The topological polar surface area (TPSA) is 87.7 Å². The predicted octanol–water partition coefficient (Wildman–Crippen LogP) is 1.61. The lowest BCUT2D eigenvalue weighted by atomic mass is 10.3. The highest BCUT2D eigenvalue weighted by molar-refractivity contribution is 7.80. The largest absolute Gasteiger partial charge is 0.755 e. The molecule has 1 aromatic rings. The quantitative estimate of drug-likeness (QED) is 0.483. The minimum absolute atomic E-state index is 0.122. The lowest BCUT2D eigenvalue weighted by Gasteiger charge is -2.14. The molecule has 0 radical (unpaired) electrons. The monoisotopic (exact) mass is 272 g/mol. The molecule has 1 N–H and O–H groups in total. The van der Waals surface area contributed by atoms with E-state index in [0.29, 0.717) is 12.2 Å². The molecule has 0 aliphatic carbocycles. The predicted molar refractivity (Wildman–Crippen MR) is 66.1 cm³/mol. The summed E-state index contributed by atoms with van der Waals surface area (Å²) >= 11 is -2.49. The third kappa shape index (κ3) is 4.34. The van der Waals surface area contributed by atoms with Crippen LogP contribution in [0.25, 0.3) is 0 Å². The van der Waals surface area contributed by atoms with Gasteiger partial charge in [0.05, 0.1) is 12.8 Å². The van der Waals surface area contributed by atoms with Crippen molar-refractivity contribution in [2.45, 2.75) is 19.8 Å². The molecule has 0 spiro atoms. The maximum absolute atomic E-state index is 11.4. The lowest BCUT2D eigenvalue weighted by molar-refractivity contribution is -0.134. The molecule has 1 aromatic carbocycles. The molecule has 7 heteroatoms. The molecule has 0 aliphatic heterocycles. The van der Waals surface area contributed by atoms with E-state index in [1.54, 1.807) is 6.07 Å². The highest BCUT2D eigenvalue weighted by Gasteiger charge is 2.10. The van der Waals surface area contributed by atoms with Gasteiger partial charge in [0, 0.05) is 23.8 Å². The van der Waals surface area contributed by atoms with Gasteiger partial charge < -0.3 is 18.7 Å². The average molecular weight is 272 g/mol. The van der Waals surface area contributed by atoms with Gasteiger partial charge >= 0.3 is 5.97 Å². The Hall–Kier alpha value is -1.60. The van der Waals surface area contributed by atoms with Crippen LogP contribution in [0.2, 0.25) is 0 Å². The molecule has 0 aromatic heterocycles. The zero-order valence-corrected chi connectivity index (χ0v) is 10.9. The Bertz CT molecular complexity index is 449. The third-order valence-corrected chi connectivity index (χ3v) is 2.45. The maximum Gasteiger partial charge on any atom is 0.311 e. The Morgan fingerprint density at radius 1 is 1.50 bits per heavy atom. The van der Waals surface area contributed by atoms with Gasteiger partial charge in [-0.1, -0.05) is 6.92 Å². The molecule has 6 nitrogen and oxygen atoms in total. The zero-order chi connectivity index (χ0) is 13.5. The minimum atomic E-state index is -2.49. The van der Waals surface area contributed by atoms with E-state index in [-0.39, 0.29) is 17.9 Å². The van der Waals surface area contributed by atoms with Gasteiger partial charge in [0.1, 0.15) is 5.75 Å². The van der Waals surface area contributed by atoms with Gasteiger partial charge in [-0.15, -0.1) is 0 Å². The first kappa shape index (κ1) is 14.5. The van der Waals surface area contributed by atoms with Crippen molar-refractivity contribution >= 4 is 22.9 Å². The molecule has 0 saturated carbocycles. The summed E-state index contributed by atoms with van der Waals surface area (Å²) in [5.74, 6) is 0.166. The van der Waals surface area contributed by atoms with Crippen LogP contribution in [0.15, 0.2) is 18.2 Å². The van der Waals surface area contributed by atoms with E-state index < -0.39 is 17.2 Å². The molecule has 100 valence electrons. The van der Waals surface area contributed by atoms with E-state index in [4.69, 9.17) is 9.47 Å². The summed E-state index contributed by atoms with van der Waals surface area (Å²) in [4.78, 5) is 11.4. The zero-order valence-electron chi connectivity index (χ0n) is 10.1. The van der Waals surface area contributed by atoms with Gasteiger partial charge in [0.15, 0.2) is 5.75 Å². The Labute approximate surface area is 108 Å². The average Bonchev–Trinajstić information content (AvgIpc) is 2.31. The number of carbonyl (C=O) groups excluding carboxylic acids is 1. The number of hydrogen-bond acceptors (Lipinski definition) is 5. The number of esters is 1. The smallest absolute Gasteiger partial charge is 0.311 e. The Morgan fingerprint density at radius 3 is 2.78 bits per heavy atom. The fourth-order valence-corrected chi connectivity index (χ4v) is 1.61. The second-order valence-corrected chi connectivity index (χ2v) is 4.10. The molecule has 1 rings (SSSR count). The van der Waals surface area contributed by atoms with Crippen molar-refractivity contribution in [2.24, 2.45) is 0 Å². The van der Waals surface area contributed by atoms with E-state index in [1.165, 1.54) is 19.2 Å². The number of ether oxygens (including phenoxy) is 2. The number of nitrogens with one attached hydrogen (secondary N) is 1. The Kier molecular flexibility index (Phi) is 5.60. The van der Waals surface area contributed by atoms with Crippen molar-refractivity contribution in [3.05, 3.63) is 18.2 Å². The Morgan fingerprint density at radius 2 is 2.22 bits per heavy atom. The van der Waals surface area contributed by atoms with Gasteiger partial charge in [0.25, 0.3) is 0 Å². The van der Waals surface area contributed by atoms with Crippen LogP contribution in [0.3, 0.4) is 0 Å². The summed E-state index contributed by atoms with van der Waals surface area (Å²) in [6.45, 7) is 1.85. The molecule has 1 unspecified atom stereocenters. The molecule has 0 fully saturated rings. The number of methoxy groups -OCH3 is 1. The first-order valence-corrected chi connectivity index (χ1v) is 6.39. The summed E-state index contributed by atoms with van der Waals surface area (Å²) in [5.41, 5.74) is 0.189. The molecule has 18 heavy (non-hydrogen) atoms. The van der Waals surface area contributed by atoms with E-state index in [1.807, 2.05) is 6.92 Å². The van der Waals surface area contributed by atoms with Crippen LogP contribution in [0.5, 0.6) is 11.5 Å². The van der Waals surface area contributed by atoms with E-state index in [0.717, 1.165) is 0 Å². The number of carbonyl (C=O) groups is 1. The number of anilines is 1. The van der Waals surface area contributed by atoms with Crippen molar-refractivity contribution in [2.75, 3.05) is 11.8 Å². The van der Waals surface area contributed by atoms with Crippen LogP contribution in [0, 0.1) is 0 Å². The second kappa shape index (κ2) is 6.97. The van der Waals surface area contributed by atoms with E-state index >= 15 is 0 Å². The van der Waals surface area contributed by atoms with Crippen molar-refractivity contribution in [3.8, 4) is 11.5 Å².